The van der Waals surface area contributed by atoms with Gasteiger partial charge in [0.05, 0.1) is 7.11 Å². The third-order valence-corrected chi connectivity index (χ3v) is 2.52. The number of carbonyl (C=O) groups excluding carboxylic acids is 1. The Morgan fingerprint density at radius 3 is 2.86 bits per heavy atom. The van der Waals surface area contributed by atoms with Gasteiger partial charge in [0.1, 0.15) is 0 Å². The van der Waals surface area contributed by atoms with Crippen molar-refractivity contribution < 1.29 is 18.3 Å². The number of methoxy groups -OCH3 is 1. The molecule has 3 nitrogen and oxygen atoms in total. The van der Waals surface area contributed by atoms with Crippen LogP contribution in [0, 0.1) is 5.92 Å². The van der Waals surface area contributed by atoms with Gasteiger partial charge in [-0.25, -0.2) is 8.78 Å². The molecule has 1 atom stereocenters. The van der Waals surface area contributed by atoms with E-state index < -0.39 is 5.92 Å². The van der Waals surface area contributed by atoms with Crippen molar-refractivity contribution in [2.75, 3.05) is 7.11 Å². The van der Waals surface area contributed by atoms with Crippen LogP contribution in [0.3, 0.4) is 0 Å². The van der Waals surface area contributed by atoms with E-state index >= 15 is 0 Å². The van der Waals surface area contributed by atoms with Gasteiger partial charge in [-0.1, -0.05) is 0 Å². The predicted octanol–water partition coefficient (Wildman–Crippen LogP) is 2.31. The largest absolute Gasteiger partial charge is 0.483 e. The lowest BCUT2D eigenvalue weighted by molar-refractivity contribution is 0.00675. The summed E-state index contributed by atoms with van der Waals surface area (Å²) >= 11 is 0.665. The first kappa shape index (κ1) is 11.4. The molecule has 0 bridgehead atoms. The summed E-state index contributed by atoms with van der Waals surface area (Å²) in [4.78, 5) is 10.0. The van der Waals surface area contributed by atoms with Crippen LogP contribution >= 0.6 is 11.9 Å². The first-order valence-electron chi connectivity index (χ1n) is 4.18. The zero-order valence-electron chi connectivity index (χ0n) is 7.70. The Morgan fingerprint density at radius 1 is 1.71 bits per heavy atom. The highest BCUT2D eigenvalue weighted by Crippen LogP contribution is 2.39. The van der Waals surface area contributed by atoms with Gasteiger partial charge in [-0.2, -0.15) is 4.40 Å². The highest BCUT2D eigenvalue weighted by molar-refractivity contribution is 8.10. The molecular formula is C8H11F2NO2S. The predicted molar refractivity (Wildman–Crippen MR) is 51.1 cm³/mol. The number of hydrogen-bond acceptors (Lipinski definition) is 4. The van der Waals surface area contributed by atoms with Crippen LogP contribution in [0.5, 0.6) is 0 Å². The molecule has 0 amide bonds. The average molecular weight is 223 g/mol. The topological polar surface area (TPSA) is 38.7 Å². The first-order valence-corrected chi connectivity index (χ1v) is 5.02. The maximum atomic E-state index is 12.8. The van der Waals surface area contributed by atoms with Crippen molar-refractivity contribution in [1.29, 1.82) is 0 Å². The molecule has 1 saturated carbocycles. The Morgan fingerprint density at radius 2 is 2.43 bits per heavy atom. The summed E-state index contributed by atoms with van der Waals surface area (Å²) in [7, 11) is 1.38. The van der Waals surface area contributed by atoms with Gasteiger partial charge >= 0.3 is 0 Å². The van der Waals surface area contributed by atoms with Gasteiger partial charge < -0.3 is 4.74 Å². The van der Waals surface area contributed by atoms with Crippen molar-refractivity contribution in [3.8, 4) is 0 Å². The van der Waals surface area contributed by atoms with E-state index in [1.807, 2.05) is 0 Å². The van der Waals surface area contributed by atoms with Crippen molar-refractivity contribution >= 4 is 23.5 Å². The summed E-state index contributed by atoms with van der Waals surface area (Å²) in [6.45, 7) is 0. The van der Waals surface area contributed by atoms with Crippen LogP contribution in [0.1, 0.15) is 19.3 Å². The second-order valence-electron chi connectivity index (χ2n) is 3.13. The number of ether oxygens (including phenoxy) is 1. The fourth-order valence-corrected chi connectivity index (χ4v) is 1.88. The van der Waals surface area contributed by atoms with Crippen LogP contribution in [0.4, 0.5) is 8.78 Å². The smallest absolute Gasteiger partial charge is 0.248 e. The summed E-state index contributed by atoms with van der Waals surface area (Å²) in [6, 6.07) is 0. The zero-order valence-corrected chi connectivity index (χ0v) is 8.52. The molecule has 0 aliphatic heterocycles. The third-order valence-electron chi connectivity index (χ3n) is 2.15. The lowest BCUT2D eigenvalue weighted by atomic mass is 10.1. The van der Waals surface area contributed by atoms with Gasteiger partial charge in [0.2, 0.25) is 5.92 Å². The molecule has 0 radical (unpaired) electrons. The quantitative estimate of drug-likeness (QED) is 0.319. The molecule has 0 heterocycles. The van der Waals surface area contributed by atoms with Crippen molar-refractivity contribution in [3.63, 3.8) is 0 Å². The maximum absolute atomic E-state index is 12.8. The zero-order chi connectivity index (χ0) is 10.6. The van der Waals surface area contributed by atoms with E-state index in [0.29, 0.717) is 24.0 Å². The maximum Gasteiger partial charge on any atom is 0.248 e. The molecule has 0 saturated heterocycles. The minimum Gasteiger partial charge on any atom is -0.483 e. The molecule has 80 valence electrons. The van der Waals surface area contributed by atoms with Crippen LogP contribution in [0.2, 0.25) is 0 Å². The molecule has 1 unspecified atom stereocenters. The van der Waals surface area contributed by atoms with Gasteiger partial charge in [-0.3, -0.25) is 4.79 Å². The Kier molecular flexibility index (Phi) is 3.86. The molecule has 1 fully saturated rings. The van der Waals surface area contributed by atoms with Crippen LogP contribution in [-0.2, 0) is 9.53 Å². The highest BCUT2D eigenvalue weighted by atomic mass is 32.2. The average Bonchev–Trinajstić information content (AvgIpc) is 2.48. The molecule has 0 aromatic carbocycles. The van der Waals surface area contributed by atoms with Crippen molar-refractivity contribution in [2.24, 2.45) is 10.3 Å². The van der Waals surface area contributed by atoms with Crippen LogP contribution in [0.25, 0.3) is 0 Å². The van der Waals surface area contributed by atoms with Crippen molar-refractivity contribution in [3.05, 3.63) is 0 Å². The van der Waals surface area contributed by atoms with Gasteiger partial charge in [0.25, 0.3) is 0 Å². The van der Waals surface area contributed by atoms with E-state index in [1.54, 1.807) is 0 Å². The summed E-state index contributed by atoms with van der Waals surface area (Å²) in [5, 5.41) is 0. The molecular weight excluding hydrogens is 212 g/mol. The normalized spacial score (nSPS) is 26.2. The Labute approximate surface area is 85.0 Å². The summed E-state index contributed by atoms with van der Waals surface area (Å²) in [5.74, 6) is -2.74. The number of alkyl halides is 2. The van der Waals surface area contributed by atoms with Gasteiger partial charge in [0, 0.05) is 30.7 Å². The van der Waals surface area contributed by atoms with Crippen LogP contribution < -0.4 is 0 Å². The fraction of sp³-hybridized carbons (Fsp3) is 0.750. The molecule has 0 aromatic rings. The van der Waals surface area contributed by atoms with Crippen LogP contribution in [-0.4, -0.2) is 24.5 Å². The van der Waals surface area contributed by atoms with Crippen molar-refractivity contribution in [2.45, 2.75) is 25.2 Å². The second kappa shape index (κ2) is 4.72. The number of hydrogen-bond donors (Lipinski definition) is 0. The molecule has 0 aromatic heterocycles. The van der Waals surface area contributed by atoms with E-state index in [9.17, 15) is 13.6 Å². The second-order valence-corrected chi connectivity index (χ2v) is 3.72. The standard InChI is InChI=1S/C8H11F2NO2S/c1-13-7(11-14-5-12)6-2-3-8(9,10)4-6/h5-6H,2-4H2,1H3. The van der Waals surface area contributed by atoms with Crippen molar-refractivity contribution in [1.82, 2.24) is 0 Å². The summed E-state index contributed by atoms with van der Waals surface area (Å²) < 4.78 is 34.2. The number of nitrogens with zero attached hydrogens (tertiary/aromatic N) is 1. The first-order chi connectivity index (χ1) is 6.59. The van der Waals surface area contributed by atoms with E-state index in [0.717, 1.165) is 0 Å². The molecule has 6 heteroatoms. The van der Waals surface area contributed by atoms with E-state index in [2.05, 4.69) is 4.40 Å². The fourth-order valence-electron chi connectivity index (χ4n) is 1.51. The molecule has 0 spiro atoms. The molecule has 1 aliphatic rings. The Bertz CT molecular complexity index is 245. The molecule has 1 rings (SSSR count). The lowest BCUT2D eigenvalue weighted by Gasteiger charge is -2.11. The van der Waals surface area contributed by atoms with Gasteiger partial charge in [-0.15, -0.1) is 0 Å². The van der Waals surface area contributed by atoms with Gasteiger partial charge in [0.15, 0.2) is 11.5 Å². The number of carbonyl (C=O) groups is 1. The minimum absolute atomic E-state index is 0.133. The SMILES string of the molecule is COC(=NSC=O)C1CCC(F)(F)C1. The number of rotatable bonds is 3. The minimum atomic E-state index is -2.62. The molecule has 0 N–H and O–H groups in total. The Balaban J connectivity index is 2.59. The van der Waals surface area contributed by atoms with Crippen LogP contribution in [0.15, 0.2) is 4.40 Å². The monoisotopic (exact) mass is 223 g/mol. The third kappa shape index (κ3) is 2.94. The molecule has 1 aliphatic carbocycles. The van der Waals surface area contributed by atoms with E-state index in [-0.39, 0.29) is 24.7 Å². The van der Waals surface area contributed by atoms with E-state index in [1.165, 1.54) is 7.11 Å². The lowest BCUT2D eigenvalue weighted by Crippen LogP contribution is -2.16. The summed E-state index contributed by atoms with van der Waals surface area (Å²) in [5.41, 5.74) is 0.534. The molecule has 14 heavy (non-hydrogen) atoms. The highest BCUT2D eigenvalue weighted by Gasteiger charge is 2.42. The van der Waals surface area contributed by atoms with E-state index in [4.69, 9.17) is 4.74 Å². The number of halogens is 2. The van der Waals surface area contributed by atoms with Gasteiger partial charge in [-0.05, 0) is 6.42 Å². The summed E-state index contributed by atoms with van der Waals surface area (Å²) in [6.07, 6.45) is -0.00994. The Hall–Kier alpha value is -0.650.